The molecular formula is C20H21ClN2O2. The average molecular weight is 357 g/mol. The van der Waals surface area contributed by atoms with E-state index in [1.165, 1.54) is 0 Å². The first kappa shape index (κ1) is 17.5. The van der Waals surface area contributed by atoms with Crippen LogP contribution in [0.1, 0.15) is 23.7 Å². The molecule has 0 unspecified atom stereocenters. The predicted molar refractivity (Wildman–Crippen MR) is 101 cm³/mol. The highest BCUT2D eigenvalue weighted by atomic mass is 35.5. The summed E-state index contributed by atoms with van der Waals surface area (Å²) in [6, 6.07) is 15.3. The van der Waals surface area contributed by atoms with Crippen molar-refractivity contribution in [2.24, 2.45) is 7.05 Å². The molecule has 25 heavy (non-hydrogen) atoms. The molecule has 1 atom stereocenters. The molecule has 5 heteroatoms. The summed E-state index contributed by atoms with van der Waals surface area (Å²) in [5.41, 5.74) is 2.94. The highest BCUT2D eigenvalue weighted by Gasteiger charge is 2.11. The lowest BCUT2D eigenvalue weighted by atomic mass is 10.1. The molecule has 0 saturated carbocycles. The number of carbonyl (C=O) groups is 1. The third-order valence-corrected chi connectivity index (χ3v) is 4.55. The Morgan fingerprint density at radius 2 is 2.08 bits per heavy atom. The smallest absolute Gasteiger partial charge is 0.220 e. The lowest BCUT2D eigenvalue weighted by molar-refractivity contribution is -0.121. The van der Waals surface area contributed by atoms with Gasteiger partial charge in [-0.05, 0) is 53.3 Å². The Morgan fingerprint density at radius 1 is 1.24 bits per heavy atom. The van der Waals surface area contributed by atoms with E-state index in [2.05, 4.69) is 5.32 Å². The quantitative estimate of drug-likeness (QED) is 0.708. The van der Waals surface area contributed by atoms with Crippen LogP contribution >= 0.6 is 11.6 Å². The van der Waals surface area contributed by atoms with E-state index in [4.69, 9.17) is 11.6 Å². The molecule has 130 valence electrons. The number of halogens is 1. The largest absolute Gasteiger partial charge is 0.387 e. The van der Waals surface area contributed by atoms with Crippen LogP contribution in [0.5, 0.6) is 0 Å². The Labute approximate surface area is 152 Å². The van der Waals surface area contributed by atoms with Gasteiger partial charge < -0.3 is 15.0 Å². The summed E-state index contributed by atoms with van der Waals surface area (Å²) in [4.78, 5) is 12.0. The number of nitrogens with one attached hydrogen (secondary N) is 1. The van der Waals surface area contributed by atoms with Crippen LogP contribution in [0.4, 0.5) is 0 Å². The van der Waals surface area contributed by atoms with E-state index in [-0.39, 0.29) is 12.5 Å². The van der Waals surface area contributed by atoms with Gasteiger partial charge in [-0.2, -0.15) is 0 Å². The number of aliphatic hydroxyl groups excluding tert-OH is 1. The van der Waals surface area contributed by atoms with Crippen molar-refractivity contribution < 1.29 is 9.90 Å². The van der Waals surface area contributed by atoms with Crippen molar-refractivity contribution in [1.82, 2.24) is 9.88 Å². The van der Waals surface area contributed by atoms with E-state index < -0.39 is 6.10 Å². The summed E-state index contributed by atoms with van der Waals surface area (Å²) < 4.78 is 2.03. The van der Waals surface area contributed by atoms with Crippen LogP contribution in [0.15, 0.2) is 54.7 Å². The number of aromatic nitrogens is 1. The number of hydrogen-bond donors (Lipinski definition) is 2. The first-order valence-corrected chi connectivity index (χ1v) is 8.65. The van der Waals surface area contributed by atoms with E-state index in [9.17, 15) is 9.90 Å². The molecule has 1 heterocycles. The second-order valence-electron chi connectivity index (χ2n) is 6.19. The maximum atomic E-state index is 12.0. The zero-order valence-corrected chi connectivity index (χ0v) is 14.8. The number of nitrogens with zero attached hydrogens (tertiary/aromatic N) is 1. The monoisotopic (exact) mass is 356 g/mol. The summed E-state index contributed by atoms with van der Waals surface area (Å²) in [5.74, 6) is -0.0835. The Balaban J connectivity index is 1.52. The van der Waals surface area contributed by atoms with Gasteiger partial charge >= 0.3 is 0 Å². The molecule has 4 nitrogen and oxygen atoms in total. The molecule has 3 aromatic rings. The van der Waals surface area contributed by atoms with Gasteiger partial charge in [0.25, 0.3) is 0 Å². The van der Waals surface area contributed by atoms with Crippen LogP contribution < -0.4 is 5.32 Å². The van der Waals surface area contributed by atoms with E-state index in [0.29, 0.717) is 17.9 Å². The predicted octanol–water partition coefficient (Wildman–Crippen LogP) is 3.61. The van der Waals surface area contributed by atoms with E-state index in [1.807, 2.05) is 66.3 Å². The van der Waals surface area contributed by atoms with Crippen LogP contribution in [0.2, 0.25) is 5.02 Å². The molecule has 0 aliphatic rings. The molecule has 0 bridgehead atoms. The standard InChI is InChI=1S/C20H21ClN2O2/c1-23-10-9-15-12-16(6-7-18(15)23)19(24)13-22-20(25)8-5-14-3-2-4-17(21)11-14/h2-4,6-7,9-12,19,24H,5,8,13H2,1H3,(H,22,25)/t19-/m0/s1. The van der Waals surface area contributed by atoms with Crippen molar-refractivity contribution >= 4 is 28.4 Å². The lowest BCUT2D eigenvalue weighted by Crippen LogP contribution is -2.28. The Bertz CT molecular complexity index is 888. The third-order valence-electron chi connectivity index (χ3n) is 4.32. The summed E-state index contributed by atoms with van der Waals surface area (Å²) in [5, 5.41) is 14.9. The number of rotatable bonds is 6. The number of hydrogen-bond acceptors (Lipinski definition) is 2. The van der Waals surface area contributed by atoms with Gasteiger partial charge in [-0.15, -0.1) is 0 Å². The third kappa shape index (κ3) is 4.41. The fraction of sp³-hybridized carbons (Fsp3) is 0.250. The fourth-order valence-electron chi connectivity index (χ4n) is 2.87. The van der Waals surface area contributed by atoms with E-state index in [0.717, 1.165) is 22.0 Å². The molecule has 3 rings (SSSR count). The second-order valence-corrected chi connectivity index (χ2v) is 6.63. The number of aliphatic hydroxyl groups is 1. The first-order valence-electron chi connectivity index (χ1n) is 8.27. The van der Waals surface area contributed by atoms with Crippen LogP contribution in [-0.4, -0.2) is 22.1 Å². The van der Waals surface area contributed by atoms with Gasteiger partial charge in [0.05, 0.1) is 6.10 Å². The zero-order valence-electron chi connectivity index (χ0n) is 14.1. The number of benzene rings is 2. The maximum absolute atomic E-state index is 12.0. The van der Waals surface area contributed by atoms with Crippen molar-refractivity contribution in [3.05, 3.63) is 70.9 Å². The molecule has 1 aromatic heterocycles. The van der Waals surface area contributed by atoms with E-state index >= 15 is 0 Å². The van der Waals surface area contributed by atoms with Crippen LogP contribution in [-0.2, 0) is 18.3 Å². The molecule has 0 aliphatic carbocycles. The minimum atomic E-state index is -0.722. The molecule has 2 N–H and O–H groups in total. The van der Waals surface area contributed by atoms with Gasteiger partial charge in [0.15, 0.2) is 0 Å². The number of amides is 1. The normalized spacial score (nSPS) is 12.3. The summed E-state index contributed by atoms with van der Waals surface area (Å²) >= 11 is 5.94. The van der Waals surface area contributed by atoms with Crippen molar-refractivity contribution in [3.63, 3.8) is 0 Å². The van der Waals surface area contributed by atoms with Gasteiger partial charge in [0.2, 0.25) is 5.91 Å². The second kappa shape index (κ2) is 7.72. The highest BCUT2D eigenvalue weighted by Crippen LogP contribution is 2.21. The number of fused-ring (bicyclic) bond motifs is 1. The van der Waals surface area contributed by atoms with Gasteiger partial charge in [0.1, 0.15) is 0 Å². The lowest BCUT2D eigenvalue weighted by Gasteiger charge is -2.13. The molecule has 1 amide bonds. The summed E-state index contributed by atoms with van der Waals surface area (Å²) in [7, 11) is 1.98. The highest BCUT2D eigenvalue weighted by molar-refractivity contribution is 6.30. The van der Waals surface area contributed by atoms with Crippen LogP contribution in [0.3, 0.4) is 0 Å². The Hall–Kier alpha value is -2.30. The molecule has 0 radical (unpaired) electrons. The summed E-state index contributed by atoms with van der Waals surface area (Å²) in [6.07, 6.45) is 2.25. The first-order chi connectivity index (χ1) is 12.0. The summed E-state index contributed by atoms with van der Waals surface area (Å²) in [6.45, 7) is 0.201. The number of carbonyl (C=O) groups excluding carboxylic acids is 1. The van der Waals surface area contributed by atoms with Crippen molar-refractivity contribution in [2.45, 2.75) is 18.9 Å². The van der Waals surface area contributed by atoms with Crippen LogP contribution in [0.25, 0.3) is 10.9 Å². The molecule has 0 spiro atoms. The Kier molecular flexibility index (Phi) is 5.41. The van der Waals surface area contributed by atoms with Gasteiger partial charge in [0, 0.05) is 36.7 Å². The zero-order chi connectivity index (χ0) is 17.8. The minimum absolute atomic E-state index is 0.0835. The Morgan fingerprint density at radius 3 is 2.88 bits per heavy atom. The van der Waals surface area contributed by atoms with Crippen molar-refractivity contribution in [2.75, 3.05) is 6.54 Å². The topological polar surface area (TPSA) is 54.3 Å². The molecular weight excluding hydrogens is 336 g/mol. The van der Waals surface area contributed by atoms with Gasteiger partial charge in [-0.3, -0.25) is 4.79 Å². The van der Waals surface area contributed by atoms with Gasteiger partial charge in [-0.1, -0.05) is 29.8 Å². The maximum Gasteiger partial charge on any atom is 0.220 e. The van der Waals surface area contributed by atoms with Crippen molar-refractivity contribution in [3.8, 4) is 0 Å². The van der Waals surface area contributed by atoms with Gasteiger partial charge in [-0.25, -0.2) is 0 Å². The molecule has 0 saturated heterocycles. The molecule has 0 fully saturated rings. The van der Waals surface area contributed by atoms with Crippen LogP contribution in [0, 0.1) is 0 Å². The van der Waals surface area contributed by atoms with Crippen molar-refractivity contribution in [1.29, 1.82) is 0 Å². The molecule has 2 aromatic carbocycles. The molecule has 0 aliphatic heterocycles. The number of aryl methyl sites for hydroxylation is 2. The minimum Gasteiger partial charge on any atom is -0.387 e. The van der Waals surface area contributed by atoms with E-state index in [1.54, 1.807) is 0 Å². The fourth-order valence-corrected chi connectivity index (χ4v) is 3.09. The SMILES string of the molecule is Cn1ccc2cc([C@@H](O)CNC(=O)CCc3cccc(Cl)c3)ccc21. The average Bonchev–Trinajstić information content (AvgIpc) is 2.98.